The standard InChI is InChI=1S/C14H23NO4/c1-4-18-14(19-5-2)9-15-10(3)11-6-12(16)8-13(17)7-11/h6-8,10,14-17H,4-5,9H2,1-3H3. The molecule has 0 aliphatic rings. The van der Waals surface area contributed by atoms with Crippen molar-refractivity contribution in [3.05, 3.63) is 23.8 Å². The lowest BCUT2D eigenvalue weighted by Gasteiger charge is -2.21. The SMILES string of the molecule is CCOC(CNC(C)c1cc(O)cc(O)c1)OCC. The zero-order valence-electron chi connectivity index (χ0n) is 11.7. The molecule has 1 rings (SSSR count). The van der Waals surface area contributed by atoms with Crippen molar-refractivity contribution >= 4 is 0 Å². The first-order valence-electron chi connectivity index (χ1n) is 6.56. The Morgan fingerprint density at radius 2 is 1.58 bits per heavy atom. The molecule has 1 atom stereocenters. The lowest BCUT2D eigenvalue weighted by Crippen LogP contribution is -2.33. The second-order valence-electron chi connectivity index (χ2n) is 4.25. The van der Waals surface area contributed by atoms with Gasteiger partial charge < -0.3 is 25.0 Å². The molecule has 5 nitrogen and oxygen atoms in total. The van der Waals surface area contributed by atoms with Crippen LogP contribution in [-0.4, -0.2) is 36.3 Å². The fraction of sp³-hybridized carbons (Fsp3) is 0.571. The molecular formula is C14H23NO4. The van der Waals surface area contributed by atoms with E-state index >= 15 is 0 Å². The maximum absolute atomic E-state index is 9.45. The predicted molar refractivity (Wildman–Crippen MR) is 73.2 cm³/mol. The number of aromatic hydroxyl groups is 2. The van der Waals surface area contributed by atoms with Gasteiger partial charge in [0.1, 0.15) is 11.5 Å². The van der Waals surface area contributed by atoms with Crippen LogP contribution < -0.4 is 5.32 Å². The van der Waals surface area contributed by atoms with Gasteiger partial charge in [-0.05, 0) is 38.5 Å². The summed E-state index contributed by atoms with van der Waals surface area (Å²) in [5.41, 5.74) is 0.809. The third-order valence-electron chi connectivity index (χ3n) is 2.72. The molecule has 0 aliphatic heterocycles. The molecular weight excluding hydrogens is 246 g/mol. The van der Waals surface area contributed by atoms with E-state index in [2.05, 4.69) is 5.32 Å². The maximum Gasteiger partial charge on any atom is 0.169 e. The highest BCUT2D eigenvalue weighted by molar-refractivity contribution is 5.37. The molecule has 0 heterocycles. The minimum Gasteiger partial charge on any atom is -0.508 e. The summed E-state index contributed by atoms with van der Waals surface area (Å²) >= 11 is 0. The lowest BCUT2D eigenvalue weighted by atomic mass is 10.1. The van der Waals surface area contributed by atoms with Gasteiger partial charge in [0, 0.05) is 31.9 Å². The van der Waals surface area contributed by atoms with E-state index in [-0.39, 0.29) is 23.8 Å². The van der Waals surface area contributed by atoms with E-state index in [0.717, 1.165) is 5.56 Å². The van der Waals surface area contributed by atoms with Crippen molar-refractivity contribution in [1.29, 1.82) is 0 Å². The molecule has 0 aliphatic carbocycles. The largest absolute Gasteiger partial charge is 0.508 e. The molecule has 108 valence electrons. The molecule has 0 aromatic heterocycles. The summed E-state index contributed by atoms with van der Waals surface area (Å²) in [6.45, 7) is 7.51. The fourth-order valence-electron chi connectivity index (χ4n) is 1.80. The molecule has 0 saturated heterocycles. The molecule has 0 bridgehead atoms. The van der Waals surface area contributed by atoms with Crippen LogP contribution in [-0.2, 0) is 9.47 Å². The number of phenolic OH excluding ortho intramolecular Hbond substituents is 2. The van der Waals surface area contributed by atoms with Crippen molar-refractivity contribution < 1.29 is 19.7 Å². The van der Waals surface area contributed by atoms with E-state index in [1.165, 1.54) is 6.07 Å². The average Bonchev–Trinajstić information content (AvgIpc) is 2.35. The minimum absolute atomic E-state index is 0.0265. The minimum atomic E-state index is -0.289. The van der Waals surface area contributed by atoms with Crippen molar-refractivity contribution in [2.45, 2.75) is 33.1 Å². The molecule has 0 spiro atoms. The second-order valence-corrected chi connectivity index (χ2v) is 4.25. The van der Waals surface area contributed by atoms with Gasteiger partial charge in [0.05, 0.1) is 0 Å². The summed E-state index contributed by atoms with van der Waals surface area (Å²) in [5, 5.41) is 22.2. The van der Waals surface area contributed by atoms with Crippen molar-refractivity contribution in [3.63, 3.8) is 0 Å². The highest BCUT2D eigenvalue weighted by Gasteiger charge is 2.12. The Morgan fingerprint density at radius 3 is 2.05 bits per heavy atom. The zero-order chi connectivity index (χ0) is 14.3. The molecule has 0 fully saturated rings. The van der Waals surface area contributed by atoms with E-state index in [1.54, 1.807) is 12.1 Å². The van der Waals surface area contributed by atoms with Crippen LogP contribution in [0.3, 0.4) is 0 Å². The van der Waals surface area contributed by atoms with E-state index in [9.17, 15) is 10.2 Å². The summed E-state index contributed by atoms with van der Waals surface area (Å²) < 4.78 is 10.9. The smallest absolute Gasteiger partial charge is 0.169 e. The van der Waals surface area contributed by atoms with E-state index in [0.29, 0.717) is 19.8 Å². The van der Waals surface area contributed by atoms with Crippen LogP contribution in [0.4, 0.5) is 0 Å². The van der Waals surface area contributed by atoms with Crippen molar-refractivity contribution in [2.75, 3.05) is 19.8 Å². The van der Waals surface area contributed by atoms with Gasteiger partial charge in [0.25, 0.3) is 0 Å². The number of phenols is 2. The third-order valence-corrected chi connectivity index (χ3v) is 2.72. The lowest BCUT2D eigenvalue weighted by molar-refractivity contribution is -0.133. The Balaban J connectivity index is 2.55. The van der Waals surface area contributed by atoms with Crippen LogP contribution in [0.15, 0.2) is 18.2 Å². The van der Waals surface area contributed by atoms with Crippen molar-refractivity contribution in [1.82, 2.24) is 5.32 Å². The average molecular weight is 269 g/mol. The summed E-state index contributed by atoms with van der Waals surface area (Å²) in [6, 6.07) is 4.52. The van der Waals surface area contributed by atoms with Crippen molar-refractivity contribution in [2.24, 2.45) is 0 Å². The predicted octanol–water partition coefficient (Wildman–Crippen LogP) is 2.15. The molecule has 3 N–H and O–H groups in total. The summed E-state index contributed by atoms with van der Waals surface area (Å²) in [5.74, 6) is 0.102. The molecule has 5 heteroatoms. The van der Waals surface area contributed by atoms with Crippen molar-refractivity contribution in [3.8, 4) is 11.5 Å². The molecule has 1 unspecified atom stereocenters. The van der Waals surface area contributed by atoms with Gasteiger partial charge in [-0.2, -0.15) is 0 Å². The molecule has 0 radical (unpaired) electrons. The Kier molecular flexibility index (Phi) is 6.62. The molecule has 1 aromatic rings. The number of benzene rings is 1. The van der Waals surface area contributed by atoms with Crippen LogP contribution in [0.1, 0.15) is 32.4 Å². The number of nitrogens with one attached hydrogen (secondary N) is 1. The van der Waals surface area contributed by atoms with Crippen LogP contribution >= 0.6 is 0 Å². The summed E-state index contributed by atoms with van der Waals surface area (Å²) in [4.78, 5) is 0. The third kappa shape index (κ3) is 5.46. The van der Waals surface area contributed by atoms with Gasteiger partial charge in [0.2, 0.25) is 0 Å². The molecule has 0 amide bonds. The number of hydrogen-bond donors (Lipinski definition) is 3. The molecule has 19 heavy (non-hydrogen) atoms. The highest BCUT2D eigenvalue weighted by atomic mass is 16.7. The first-order chi connectivity index (χ1) is 9.06. The van der Waals surface area contributed by atoms with E-state index < -0.39 is 0 Å². The van der Waals surface area contributed by atoms with Gasteiger partial charge in [-0.3, -0.25) is 0 Å². The van der Waals surface area contributed by atoms with Crippen LogP contribution in [0.5, 0.6) is 11.5 Å². The topological polar surface area (TPSA) is 71.0 Å². The van der Waals surface area contributed by atoms with Crippen LogP contribution in [0.2, 0.25) is 0 Å². The van der Waals surface area contributed by atoms with E-state index in [4.69, 9.17) is 9.47 Å². The van der Waals surface area contributed by atoms with Gasteiger partial charge in [-0.15, -0.1) is 0 Å². The zero-order valence-corrected chi connectivity index (χ0v) is 11.7. The van der Waals surface area contributed by atoms with Crippen LogP contribution in [0.25, 0.3) is 0 Å². The maximum atomic E-state index is 9.45. The van der Waals surface area contributed by atoms with Gasteiger partial charge in [-0.1, -0.05) is 0 Å². The molecule has 0 saturated carbocycles. The highest BCUT2D eigenvalue weighted by Crippen LogP contribution is 2.24. The van der Waals surface area contributed by atoms with Crippen LogP contribution in [0, 0.1) is 0 Å². The Morgan fingerprint density at radius 1 is 1.05 bits per heavy atom. The normalized spacial score (nSPS) is 12.8. The van der Waals surface area contributed by atoms with Gasteiger partial charge in [-0.25, -0.2) is 0 Å². The molecule has 1 aromatic carbocycles. The summed E-state index contributed by atoms with van der Waals surface area (Å²) in [7, 11) is 0. The van der Waals surface area contributed by atoms with E-state index in [1.807, 2.05) is 20.8 Å². The number of rotatable bonds is 8. The summed E-state index contributed by atoms with van der Waals surface area (Å²) in [6.07, 6.45) is -0.289. The Labute approximate surface area is 114 Å². The Bertz CT molecular complexity index is 357. The monoisotopic (exact) mass is 269 g/mol. The first kappa shape index (κ1) is 15.8. The van der Waals surface area contributed by atoms with Gasteiger partial charge >= 0.3 is 0 Å². The number of hydrogen-bond acceptors (Lipinski definition) is 5. The first-order valence-corrected chi connectivity index (χ1v) is 6.56. The fourth-order valence-corrected chi connectivity index (χ4v) is 1.80. The van der Waals surface area contributed by atoms with Gasteiger partial charge in [0.15, 0.2) is 6.29 Å². The quantitative estimate of drug-likeness (QED) is 0.631. The number of ether oxygens (including phenoxy) is 2. The Hall–Kier alpha value is -1.30. The second kappa shape index (κ2) is 7.99.